The van der Waals surface area contributed by atoms with Gasteiger partial charge in [-0.25, -0.2) is 0 Å². The molecule has 0 spiro atoms. The number of hydrogen-bond donors (Lipinski definition) is 0. The van der Waals surface area contributed by atoms with Gasteiger partial charge in [0.05, 0.1) is 33.3 Å². The Kier molecular flexibility index (Phi) is 9.54. The van der Waals surface area contributed by atoms with Crippen LogP contribution in [0.4, 0.5) is 11.4 Å². The predicted molar refractivity (Wildman–Crippen MR) is 64.7 cm³/mol. The van der Waals surface area contributed by atoms with Crippen LogP contribution in [0, 0.1) is 20.2 Å². The fourth-order valence-corrected chi connectivity index (χ4v) is 2.13. The van der Waals surface area contributed by atoms with Crippen LogP contribution in [0.1, 0.15) is 0 Å². The molecule has 0 bridgehead atoms. The molecule has 0 aliphatic heterocycles. The van der Waals surface area contributed by atoms with Crippen molar-refractivity contribution in [3.05, 3.63) is 44.5 Å². The SMILES string of the molecule is O=[N+]([O-])c1cc([N+](=O)[O-])c2ccc(SOO[O-])cc2c1[O-].[Na+].[Na+]. The van der Waals surface area contributed by atoms with Gasteiger partial charge in [-0.05, 0) is 29.3 Å². The van der Waals surface area contributed by atoms with Crippen LogP contribution in [0.5, 0.6) is 5.75 Å². The molecule has 13 heteroatoms. The van der Waals surface area contributed by atoms with Crippen LogP contribution in [0.25, 0.3) is 10.8 Å². The molecule has 0 atom stereocenters. The topological polar surface area (TPSA) is 151 Å². The van der Waals surface area contributed by atoms with Gasteiger partial charge in [-0.15, -0.1) is 0 Å². The van der Waals surface area contributed by atoms with E-state index < -0.39 is 27.0 Å². The van der Waals surface area contributed by atoms with E-state index in [2.05, 4.69) is 9.37 Å². The summed E-state index contributed by atoms with van der Waals surface area (Å²) in [6.07, 6.45) is 0. The van der Waals surface area contributed by atoms with Crippen molar-refractivity contribution in [3.63, 3.8) is 0 Å². The second-order valence-corrected chi connectivity index (χ2v) is 4.46. The van der Waals surface area contributed by atoms with Crippen molar-refractivity contribution in [2.24, 2.45) is 0 Å². The first-order chi connectivity index (χ1) is 9.95. The van der Waals surface area contributed by atoms with Gasteiger partial charge in [-0.1, -0.05) is 0 Å². The summed E-state index contributed by atoms with van der Waals surface area (Å²) in [7, 11) is 0. The van der Waals surface area contributed by atoms with Crippen LogP contribution in [0.2, 0.25) is 0 Å². The zero-order valence-corrected chi connectivity index (χ0v) is 16.7. The van der Waals surface area contributed by atoms with E-state index in [4.69, 9.17) is 0 Å². The molecular formula is C10H4N2Na2O8S. The van der Waals surface area contributed by atoms with E-state index in [0.717, 1.165) is 6.07 Å². The number of non-ortho nitro benzene ring substituents is 1. The Bertz CT molecular complexity index is 744. The largest absolute Gasteiger partial charge is 1.00 e. The number of rotatable bonds is 5. The minimum atomic E-state index is -0.994. The average Bonchev–Trinajstić information content (AvgIpc) is 2.45. The average molecular weight is 358 g/mol. The molecule has 0 saturated heterocycles. The van der Waals surface area contributed by atoms with Crippen LogP contribution < -0.4 is 69.5 Å². The first-order valence-electron chi connectivity index (χ1n) is 5.15. The van der Waals surface area contributed by atoms with Crippen LogP contribution in [0.3, 0.4) is 0 Å². The maximum Gasteiger partial charge on any atom is 1.00 e. The van der Waals surface area contributed by atoms with Gasteiger partial charge in [0.2, 0.25) is 0 Å². The van der Waals surface area contributed by atoms with Crippen molar-refractivity contribution in [2.45, 2.75) is 4.90 Å². The second-order valence-electron chi connectivity index (χ2n) is 3.68. The third-order valence-electron chi connectivity index (χ3n) is 2.57. The van der Waals surface area contributed by atoms with Crippen molar-refractivity contribution in [3.8, 4) is 5.75 Å². The van der Waals surface area contributed by atoms with E-state index in [1.165, 1.54) is 12.1 Å². The summed E-state index contributed by atoms with van der Waals surface area (Å²) in [5.74, 6) is -0.967. The number of hydrogen-bond acceptors (Lipinski definition) is 9. The summed E-state index contributed by atoms with van der Waals surface area (Å²) in [6.45, 7) is 0. The van der Waals surface area contributed by atoms with Gasteiger partial charge in [0.15, 0.2) is 0 Å². The Morgan fingerprint density at radius 3 is 2.09 bits per heavy atom. The first-order valence-corrected chi connectivity index (χ1v) is 5.89. The summed E-state index contributed by atoms with van der Waals surface area (Å²) >= 11 is 0.459. The maximum absolute atomic E-state index is 12.0. The molecule has 0 saturated carbocycles. The Morgan fingerprint density at radius 2 is 1.57 bits per heavy atom. The zero-order valence-electron chi connectivity index (χ0n) is 11.9. The molecule has 2 aromatic carbocycles. The minimum Gasteiger partial charge on any atom is -0.867 e. The zero-order chi connectivity index (χ0) is 15.6. The summed E-state index contributed by atoms with van der Waals surface area (Å²) < 4.78 is 4.06. The Morgan fingerprint density at radius 1 is 0.957 bits per heavy atom. The molecule has 2 rings (SSSR count). The van der Waals surface area contributed by atoms with E-state index in [1.54, 1.807) is 0 Å². The molecule has 0 N–H and O–H groups in total. The molecular weight excluding hydrogens is 354 g/mol. The Balaban J connectivity index is 0.00000242. The van der Waals surface area contributed by atoms with Crippen molar-refractivity contribution in [2.75, 3.05) is 0 Å². The fraction of sp³-hybridized carbons (Fsp3) is 0. The van der Waals surface area contributed by atoms with E-state index >= 15 is 0 Å². The molecule has 0 amide bonds. The van der Waals surface area contributed by atoms with Crippen molar-refractivity contribution in [1.29, 1.82) is 0 Å². The summed E-state index contributed by atoms with van der Waals surface area (Å²) in [5.41, 5.74) is -1.47. The maximum atomic E-state index is 12.0. The van der Waals surface area contributed by atoms with E-state index in [1.807, 2.05) is 0 Å². The quantitative estimate of drug-likeness (QED) is 0.168. The number of nitro groups is 2. The Hall–Kier alpha value is -0.470. The van der Waals surface area contributed by atoms with Gasteiger partial charge >= 0.3 is 59.1 Å². The molecule has 2 aromatic rings. The number of nitrogens with zero attached hydrogens (tertiary/aromatic N) is 2. The molecule has 23 heavy (non-hydrogen) atoms. The van der Waals surface area contributed by atoms with Crippen LogP contribution in [-0.2, 0) is 9.37 Å². The van der Waals surface area contributed by atoms with Gasteiger partial charge in [0.1, 0.15) is 0 Å². The predicted octanol–water partition coefficient (Wildman–Crippen LogP) is -5.03. The molecule has 110 valence electrons. The molecule has 0 radical (unpaired) electrons. The monoisotopic (exact) mass is 358 g/mol. The molecule has 0 aliphatic rings. The van der Waals surface area contributed by atoms with Crippen LogP contribution in [0.15, 0.2) is 29.2 Å². The minimum absolute atomic E-state index is 0. The summed E-state index contributed by atoms with van der Waals surface area (Å²) in [6, 6.07) is 4.33. The van der Waals surface area contributed by atoms with Gasteiger partial charge in [0.25, 0.3) is 11.4 Å². The van der Waals surface area contributed by atoms with E-state index in [0.29, 0.717) is 18.1 Å². The third kappa shape index (κ3) is 5.00. The van der Waals surface area contributed by atoms with E-state index in [9.17, 15) is 30.6 Å². The number of benzene rings is 2. The number of fused-ring (bicyclic) bond motifs is 1. The Labute approximate surface area is 176 Å². The van der Waals surface area contributed by atoms with E-state index in [-0.39, 0.29) is 74.8 Å². The van der Waals surface area contributed by atoms with Crippen molar-refractivity contribution >= 4 is 34.2 Å². The van der Waals surface area contributed by atoms with Crippen LogP contribution >= 0.6 is 12.0 Å². The van der Waals surface area contributed by atoms with Gasteiger partial charge in [-0.3, -0.25) is 25.3 Å². The number of nitro benzene ring substituents is 2. The van der Waals surface area contributed by atoms with Gasteiger partial charge in [-0.2, -0.15) is 4.33 Å². The molecule has 0 fully saturated rings. The second kappa shape index (κ2) is 9.74. The van der Waals surface area contributed by atoms with Crippen molar-refractivity contribution in [1.82, 2.24) is 0 Å². The molecule has 0 aliphatic carbocycles. The standard InChI is InChI=1S/C10H6N2O8S.2Na/c13-10-7-3-5(21-20-19-18)1-2-6(7)8(11(14)15)4-9(10)12(16)17;;/h1-4,13,18H;;/q;2*+1/p-2. The molecule has 10 nitrogen and oxygen atoms in total. The van der Waals surface area contributed by atoms with Crippen molar-refractivity contribution < 1.29 is 88.7 Å². The van der Waals surface area contributed by atoms with Crippen LogP contribution in [-0.4, -0.2) is 9.85 Å². The molecule has 0 heterocycles. The summed E-state index contributed by atoms with van der Waals surface area (Å²) in [4.78, 5) is 20.1. The molecule has 0 unspecified atom stereocenters. The first kappa shape index (κ1) is 22.5. The molecule has 0 aromatic heterocycles. The smallest absolute Gasteiger partial charge is 0.867 e. The van der Waals surface area contributed by atoms with Gasteiger partial charge in [0, 0.05) is 4.90 Å². The normalized spacial score (nSPS) is 9.78. The fourth-order valence-electron chi connectivity index (χ4n) is 1.74. The summed E-state index contributed by atoms with van der Waals surface area (Å²) in [5, 5.41) is 46.3. The van der Waals surface area contributed by atoms with Gasteiger partial charge < -0.3 is 10.4 Å². The third-order valence-corrected chi connectivity index (χ3v) is 3.14.